The van der Waals surface area contributed by atoms with Crippen molar-refractivity contribution in [3.63, 3.8) is 0 Å². The Hall–Kier alpha value is -2.48. The first-order valence-electron chi connectivity index (χ1n) is 9.46. The van der Waals surface area contributed by atoms with Gasteiger partial charge in [-0.3, -0.25) is 24.4 Å². The number of nitrogens with zero attached hydrogens (tertiary/aromatic N) is 2. The number of nitrogens with one attached hydrogen (secondary N) is 2. The van der Waals surface area contributed by atoms with Gasteiger partial charge in [-0.15, -0.1) is 11.8 Å². The van der Waals surface area contributed by atoms with Crippen LogP contribution in [0.5, 0.6) is 0 Å². The van der Waals surface area contributed by atoms with Crippen molar-refractivity contribution in [1.82, 2.24) is 20.3 Å². The van der Waals surface area contributed by atoms with Crippen LogP contribution in [-0.2, 0) is 20.8 Å². The normalized spacial score (nSPS) is 13.9. The van der Waals surface area contributed by atoms with Crippen LogP contribution < -0.4 is 5.32 Å². The van der Waals surface area contributed by atoms with Gasteiger partial charge in [0.15, 0.2) is 0 Å². The first-order chi connectivity index (χ1) is 13.5. The summed E-state index contributed by atoms with van der Waals surface area (Å²) >= 11 is 1.50. The van der Waals surface area contributed by atoms with E-state index in [1.54, 1.807) is 10.0 Å². The fraction of sp³-hybridized carbons (Fsp3) is 0.450. The molecule has 7 nitrogen and oxygen atoms in total. The number of hydrazine groups is 1. The molecule has 2 N–H and O–H groups in total. The number of carbonyl (C=O) groups excluding carboxylic acids is 3. The summed E-state index contributed by atoms with van der Waals surface area (Å²) in [5.74, 6) is 0.925. The highest BCUT2D eigenvalue weighted by Gasteiger charge is 2.30. The molecule has 0 atom stereocenters. The van der Waals surface area contributed by atoms with Gasteiger partial charge >= 0.3 is 0 Å². The number of H-pyrrole nitrogens is 1. The smallest absolute Gasteiger partial charge is 0.245 e. The van der Waals surface area contributed by atoms with Crippen molar-refractivity contribution >= 4 is 40.4 Å². The maximum atomic E-state index is 12.9. The highest BCUT2D eigenvalue weighted by molar-refractivity contribution is 7.99. The van der Waals surface area contributed by atoms with E-state index in [0.29, 0.717) is 31.1 Å². The SMILES string of the molecule is CC(=O)NCSCCC(=O)N1CCCN1C(=O)Cc1c(C)[nH]c2ccccc12. The predicted molar refractivity (Wildman–Crippen MR) is 111 cm³/mol. The lowest BCUT2D eigenvalue weighted by molar-refractivity contribution is -0.157. The van der Waals surface area contributed by atoms with Crippen LogP contribution in [0.25, 0.3) is 10.9 Å². The zero-order valence-corrected chi connectivity index (χ0v) is 17.1. The van der Waals surface area contributed by atoms with Crippen LogP contribution in [0.15, 0.2) is 24.3 Å². The van der Waals surface area contributed by atoms with Gasteiger partial charge in [0.25, 0.3) is 0 Å². The van der Waals surface area contributed by atoms with Gasteiger partial charge in [-0.05, 0) is 25.0 Å². The van der Waals surface area contributed by atoms with Crippen LogP contribution in [0.4, 0.5) is 0 Å². The Morgan fingerprint density at radius 1 is 1.14 bits per heavy atom. The quantitative estimate of drug-likeness (QED) is 0.549. The highest BCUT2D eigenvalue weighted by atomic mass is 32.2. The molecule has 2 heterocycles. The van der Waals surface area contributed by atoms with Crippen LogP contribution >= 0.6 is 11.8 Å². The standard InChI is InChI=1S/C20H26N4O3S/c1-14-17(16-6-3-4-7-18(16)22-14)12-20(27)24-10-5-9-23(24)19(26)8-11-28-13-21-15(2)25/h3-4,6-7,22H,5,8-13H2,1-2H3,(H,21,25). The molecule has 1 saturated heterocycles. The van der Waals surface area contributed by atoms with Gasteiger partial charge in [-0.1, -0.05) is 18.2 Å². The minimum atomic E-state index is -0.0808. The van der Waals surface area contributed by atoms with E-state index >= 15 is 0 Å². The summed E-state index contributed by atoms with van der Waals surface area (Å²) in [6.45, 7) is 4.59. The minimum Gasteiger partial charge on any atom is -0.358 e. The summed E-state index contributed by atoms with van der Waals surface area (Å²) in [4.78, 5) is 39.7. The van der Waals surface area contributed by atoms with Crippen molar-refractivity contribution in [3.8, 4) is 0 Å². The molecule has 0 spiro atoms. The van der Waals surface area contributed by atoms with E-state index in [1.165, 1.54) is 18.7 Å². The summed E-state index contributed by atoms with van der Waals surface area (Å²) in [7, 11) is 0. The molecular formula is C20H26N4O3S. The molecule has 28 heavy (non-hydrogen) atoms. The summed E-state index contributed by atoms with van der Waals surface area (Å²) in [5.41, 5.74) is 3.00. The van der Waals surface area contributed by atoms with Gasteiger partial charge < -0.3 is 10.3 Å². The number of hydrogen-bond donors (Lipinski definition) is 2. The van der Waals surface area contributed by atoms with Crippen molar-refractivity contribution < 1.29 is 14.4 Å². The van der Waals surface area contributed by atoms with Crippen molar-refractivity contribution in [3.05, 3.63) is 35.5 Å². The fourth-order valence-corrected chi connectivity index (χ4v) is 4.22. The molecule has 0 radical (unpaired) electrons. The number of para-hydroxylation sites is 1. The molecule has 1 aromatic carbocycles. The van der Waals surface area contributed by atoms with Gasteiger partial charge in [-0.25, -0.2) is 0 Å². The van der Waals surface area contributed by atoms with Crippen LogP contribution in [0.2, 0.25) is 0 Å². The first-order valence-corrected chi connectivity index (χ1v) is 10.6. The number of aryl methyl sites for hydroxylation is 1. The number of benzene rings is 1. The molecular weight excluding hydrogens is 376 g/mol. The summed E-state index contributed by atoms with van der Waals surface area (Å²) < 4.78 is 0. The van der Waals surface area contributed by atoms with E-state index in [-0.39, 0.29) is 24.1 Å². The fourth-order valence-electron chi connectivity index (χ4n) is 3.45. The zero-order chi connectivity index (χ0) is 20.1. The topological polar surface area (TPSA) is 85.5 Å². The Bertz CT molecular complexity index is 879. The Balaban J connectivity index is 1.59. The maximum Gasteiger partial charge on any atom is 0.245 e. The lowest BCUT2D eigenvalue weighted by Crippen LogP contribution is -2.45. The average Bonchev–Trinajstić information content (AvgIpc) is 3.26. The predicted octanol–water partition coefficient (Wildman–Crippen LogP) is 2.21. The lowest BCUT2D eigenvalue weighted by Gasteiger charge is -2.28. The number of fused-ring (bicyclic) bond motifs is 1. The largest absolute Gasteiger partial charge is 0.358 e. The monoisotopic (exact) mass is 402 g/mol. The molecule has 0 bridgehead atoms. The van der Waals surface area contributed by atoms with Crippen molar-refractivity contribution in [2.75, 3.05) is 24.7 Å². The minimum absolute atomic E-state index is 0.0446. The summed E-state index contributed by atoms with van der Waals surface area (Å²) in [5, 5.41) is 6.94. The highest BCUT2D eigenvalue weighted by Crippen LogP contribution is 2.24. The van der Waals surface area contributed by atoms with E-state index in [1.807, 2.05) is 31.2 Å². The third-order valence-electron chi connectivity index (χ3n) is 4.85. The first kappa shape index (κ1) is 20.3. The number of aromatic nitrogens is 1. The summed E-state index contributed by atoms with van der Waals surface area (Å²) in [6, 6.07) is 7.95. The van der Waals surface area contributed by atoms with Crippen LogP contribution in [-0.4, -0.2) is 57.4 Å². The number of hydrogen-bond acceptors (Lipinski definition) is 4. The molecule has 150 valence electrons. The van der Waals surface area contributed by atoms with Crippen molar-refractivity contribution in [2.45, 2.75) is 33.1 Å². The Kier molecular flexibility index (Phi) is 6.61. The molecule has 0 unspecified atom stereocenters. The molecule has 8 heteroatoms. The third kappa shape index (κ3) is 4.67. The van der Waals surface area contributed by atoms with E-state index in [2.05, 4.69) is 10.3 Å². The average molecular weight is 403 g/mol. The molecule has 1 aliphatic heterocycles. The molecule has 0 aliphatic carbocycles. The van der Waals surface area contributed by atoms with Gasteiger partial charge in [0, 0.05) is 48.8 Å². The second kappa shape index (κ2) is 9.14. The molecule has 0 saturated carbocycles. The lowest BCUT2D eigenvalue weighted by atomic mass is 10.1. The molecule has 3 amide bonds. The van der Waals surface area contributed by atoms with Crippen LogP contribution in [0, 0.1) is 6.92 Å². The Labute approximate surface area is 168 Å². The molecule has 1 fully saturated rings. The second-order valence-electron chi connectivity index (χ2n) is 6.87. The van der Waals surface area contributed by atoms with Gasteiger partial charge in [0.2, 0.25) is 17.7 Å². The van der Waals surface area contributed by atoms with Gasteiger partial charge in [0.1, 0.15) is 0 Å². The van der Waals surface area contributed by atoms with Gasteiger partial charge in [0.05, 0.1) is 12.3 Å². The number of aromatic amines is 1. The molecule has 3 rings (SSSR count). The number of thioether (sulfide) groups is 1. The van der Waals surface area contributed by atoms with E-state index in [4.69, 9.17) is 0 Å². The third-order valence-corrected chi connectivity index (χ3v) is 5.69. The maximum absolute atomic E-state index is 12.9. The zero-order valence-electron chi connectivity index (χ0n) is 16.3. The van der Waals surface area contributed by atoms with E-state index in [0.717, 1.165) is 28.6 Å². The van der Waals surface area contributed by atoms with Crippen molar-refractivity contribution in [1.29, 1.82) is 0 Å². The summed E-state index contributed by atoms with van der Waals surface area (Å²) in [6.07, 6.45) is 1.42. The second-order valence-corrected chi connectivity index (χ2v) is 7.98. The number of amides is 3. The Morgan fingerprint density at radius 2 is 1.86 bits per heavy atom. The molecule has 1 aromatic heterocycles. The Morgan fingerprint density at radius 3 is 2.61 bits per heavy atom. The van der Waals surface area contributed by atoms with E-state index < -0.39 is 0 Å². The number of carbonyl (C=O) groups is 3. The van der Waals surface area contributed by atoms with Crippen LogP contribution in [0.1, 0.15) is 31.0 Å². The van der Waals surface area contributed by atoms with Crippen LogP contribution in [0.3, 0.4) is 0 Å². The van der Waals surface area contributed by atoms with Crippen molar-refractivity contribution in [2.24, 2.45) is 0 Å². The molecule has 2 aromatic rings. The number of rotatable bonds is 7. The molecule has 1 aliphatic rings. The van der Waals surface area contributed by atoms with Gasteiger partial charge in [-0.2, -0.15) is 0 Å². The van der Waals surface area contributed by atoms with E-state index in [9.17, 15) is 14.4 Å².